The third kappa shape index (κ3) is 7.48. The van der Waals surface area contributed by atoms with Crippen molar-refractivity contribution < 1.29 is 41.0 Å². The van der Waals surface area contributed by atoms with Gasteiger partial charge in [-0.25, -0.2) is 14.2 Å². The highest BCUT2D eigenvalue weighted by atomic mass is 19.4. The summed E-state index contributed by atoms with van der Waals surface area (Å²) in [5.74, 6) is -0.0171. The fourth-order valence-corrected chi connectivity index (χ4v) is 6.08. The molecular formula is C35H35F4N3O5. The number of alkyl halides is 4. The van der Waals surface area contributed by atoms with E-state index in [0.29, 0.717) is 11.3 Å². The number of nitrogens with one attached hydrogen (secondary N) is 1. The predicted octanol–water partition coefficient (Wildman–Crippen LogP) is 7.60. The van der Waals surface area contributed by atoms with Gasteiger partial charge in [0.1, 0.15) is 18.8 Å². The van der Waals surface area contributed by atoms with Crippen LogP contribution in [0.1, 0.15) is 66.4 Å². The second-order valence-corrected chi connectivity index (χ2v) is 11.7. The Hall–Kier alpha value is -4.71. The summed E-state index contributed by atoms with van der Waals surface area (Å²) >= 11 is 0. The van der Waals surface area contributed by atoms with E-state index in [4.69, 9.17) is 13.9 Å². The van der Waals surface area contributed by atoms with Crippen LogP contribution >= 0.6 is 0 Å². The molecule has 0 radical (unpaired) electrons. The quantitative estimate of drug-likeness (QED) is 0.177. The van der Waals surface area contributed by atoms with E-state index < -0.39 is 41.7 Å². The molecule has 1 fully saturated rings. The zero-order valence-corrected chi connectivity index (χ0v) is 25.9. The molecule has 1 N–H and O–H groups in total. The van der Waals surface area contributed by atoms with Gasteiger partial charge in [0.2, 0.25) is 5.91 Å². The first-order valence-corrected chi connectivity index (χ1v) is 15.1. The van der Waals surface area contributed by atoms with Crippen molar-refractivity contribution in [3.63, 3.8) is 0 Å². The molecule has 2 heterocycles. The molecular weight excluding hydrogens is 618 g/mol. The summed E-state index contributed by atoms with van der Waals surface area (Å²) in [5, 5.41) is 2.96. The van der Waals surface area contributed by atoms with Crippen LogP contribution in [0.2, 0.25) is 0 Å². The maximum atomic E-state index is 14.2. The minimum Gasteiger partial charge on any atom is -0.446 e. The number of ether oxygens (including phenoxy) is 2. The number of likely N-dealkylation sites (tertiary alicyclic amines) is 1. The molecule has 2 amide bonds. The normalized spacial score (nSPS) is 20.4. The Balaban J connectivity index is 1.55. The third-order valence-electron chi connectivity index (χ3n) is 8.50. The van der Waals surface area contributed by atoms with Crippen molar-refractivity contribution in [2.24, 2.45) is 0 Å². The number of hydrogen-bond donors (Lipinski definition) is 1. The van der Waals surface area contributed by atoms with E-state index in [1.807, 2.05) is 48.5 Å². The van der Waals surface area contributed by atoms with Gasteiger partial charge in [-0.15, -0.1) is 0 Å². The van der Waals surface area contributed by atoms with Crippen LogP contribution in [-0.4, -0.2) is 35.0 Å². The summed E-state index contributed by atoms with van der Waals surface area (Å²) in [6, 6.07) is 21.3. The topological polar surface area (TPSA) is 93.9 Å². The van der Waals surface area contributed by atoms with Crippen LogP contribution in [0.5, 0.6) is 0 Å². The number of nitrogens with zero attached hydrogens (tertiary/aromatic N) is 2. The fourth-order valence-electron chi connectivity index (χ4n) is 6.08. The molecule has 1 aliphatic rings. The first-order valence-electron chi connectivity index (χ1n) is 15.1. The fraction of sp³-hybridized carbons (Fsp3) is 0.343. The number of rotatable bonds is 10. The molecule has 1 aliphatic heterocycles. The van der Waals surface area contributed by atoms with Crippen molar-refractivity contribution in [1.82, 2.24) is 15.2 Å². The number of carbonyl (C=O) groups is 2. The minimum atomic E-state index is -4.68. The molecule has 47 heavy (non-hydrogen) atoms. The van der Waals surface area contributed by atoms with Crippen LogP contribution < -0.4 is 5.32 Å². The van der Waals surface area contributed by atoms with Crippen LogP contribution in [-0.2, 0) is 44.8 Å². The van der Waals surface area contributed by atoms with E-state index in [2.05, 4.69) is 10.3 Å². The summed E-state index contributed by atoms with van der Waals surface area (Å²) in [7, 11) is 0. The first-order chi connectivity index (χ1) is 22.5. The number of piperidine rings is 1. The molecule has 1 saturated heterocycles. The van der Waals surface area contributed by atoms with Crippen molar-refractivity contribution in [2.75, 3.05) is 13.2 Å². The van der Waals surface area contributed by atoms with Crippen LogP contribution in [0, 0.1) is 0 Å². The van der Waals surface area contributed by atoms with Crippen LogP contribution in [0.4, 0.5) is 22.4 Å². The van der Waals surface area contributed by atoms with Crippen molar-refractivity contribution in [2.45, 2.75) is 63.3 Å². The Labute approximate surface area is 269 Å². The molecule has 5 rings (SSSR count). The highest BCUT2D eigenvalue weighted by Gasteiger charge is 2.54. The standard InChI is InChI=1S/C35H35F4N3O5/c1-24(28-15-27(18-36)16-30(17-28)35(37,38)39)46-22-34(29-11-7-4-8-12-29)14-13-33(41-25(2)43,31-19-40-23-47-31)21-42(34)32(44)45-20-26-9-5-3-6-10-26/h3-12,15-17,19,23-24H,13-14,18,20-22H2,1-2H3,(H,41,43)/t24-,33?,34-/m1/s1. The maximum Gasteiger partial charge on any atom is 0.416 e. The van der Waals surface area contributed by atoms with Gasteiger partial charge in [-0.2, -0.15) is 13.2 Å². The first kappa shape index (κ1) is 33.6. The number of aromatic nitrogens is 1. The number of halogens is 4. The Kier molecular flexibility index (Phi) is 9.99. The zero-order chi connectivity index (χ0) is 33.7. The summed E-state index contributed by atoms with van der Waals surface area (Å²) in [6.45, 7) is 1.56. The average molecular weight is 654 g/mol. The molecule has 12 heteroatoms. The SMILES string of the molecule is CC(=O)NC1(c2cnco2)CC[C@@](CO[C@H](C)c2cc(CF)cc(C(F)(F)F)c2)(c2ccccc2)N(C(=O)OCc2ccccc2)C1. The molecule has 0 spiro atoms. The van der Waals surface area contributed by atoms with E-state index in [1.165, 1.54) is 30.5 Å². The smallest absolute Gasteiger partial charge is 0.416 e. The van der Waals surface area contributed by atoms with Crippen LogP contribution in [0.15, 0.2) is 95.9 Å². The Morgan fingerprint density at radius 1 is 1.02 bits per heavy atom. The molecule has 3 aromatic carbocycles. The molecule has 0 saturated carbocycles. The van der Waals surface area contributed by atoms with Gasteiger partial charge in [-0.3, -0.25) is 9.69 Å². The molecule has 3 atom stereocenters. The Morgan fingerprint density at radius 3 is 2.34 bits per heavy atom. The molecule has 0 aliphatic carbocycles. The lowest BCUT2D eigenvalue weighted by molar-refractivity contribution is -0.137. The monoisotopic (exact) mass is 653 g/mol. The van der Waals surface area contributed by atoms with Gasteiger partial charge in [0, 0.05) is 6.92 Å². The van der Waals surface area contributed by atoms with Gasteiger partial charge in [-0.05, 0) is 54.2 Å². The molecule has 1 unspecified atom stereocenters. The van der Waals surface area contributed by atoms with Crippen molar-refractivity contribution in [1.29, 1.82) is 0 Å². The van der Waals surface area contributed by atoms with E-state index >= 15 is 0 Å². The van der Waals surface area contributed by atoms with E-state index in [-0.39, 0.29) is 49.6 Å². The maximum absolute atomic E-state index is 14.2. The van der Waals surface area contributed by atoms with Gasteiger partial charge in [0.05, 0.1) is 36.6 Å². The van der Waals surface area contributed by atoms with Gasteiger partial charge >= 0.3 is 12.3 Å². The van der Waals surface area contributed by atoms with Gasteiger partial charge < -0.3 is 19.2 Å². The largest absolute Gasteiger partial charge is 0.446 e. The van der Waals surface area contributed by atoms with E-state index in [9.17, 15) is 27.2 Å². The molecule has 8 nitrogen and oxygen atoms in total. The lowest BCUT2D eigenvalue weighted by Crippen LogP contribution is -2.65. The summed E-state index contributed by atoms with van der Waals surface area (Å²) in [6.07, 6.45) is -3.07. The lowest BCUT2D eigenvalue weighted by atomic mass is 9.73. The second kappa shape index (κ2) is 14.0. The van der Waals surface area contributed by atoms with E-state index in [0.717, 1.165) is 17.7 Å². The number of oxazole rings is 1. The van der Waals surface area contributed by atoms with Crippen molar-refractivity contribution in [3.05, 3.63) is 125 Å². The number of amides is 2. The predicted molar refractivity (Wildman–Crippen MR) is 163 cm³/mol. The van der Waals surface area contributed by atoms with Gasteiger partial charge in [-0.1, -0.05) is 66.7 Å². The van der Waals surface area contributed by atoms with Gasteiger partial charge in [0.25, 0.3) is 0 Å². The van der Waals surface area contributed by atoms with Crippen LogP contribution in [0.25, 0.3) is 0 Å². The number of hydrogen-bond acceptors (Lipinski definition) is 6. The second-order valence-electron chi connectivity index (χ2n) is 11.7. The van der Waals surface area contributed by atoms with Crippen LogP contribution in [0.3, 0.4) is 0 Å². The zero-order valence-electron chi connectivity index (χ0n) is 25.9. The molecule has 4 aromatic rings. The summed E-state index contributed by atoms with van der Waals surface area (Å²) < 4.78 is 72.4. The average Bonchev–Trinajstić information content (AvgIpc) is 3.63. The van der Waals surface area contributed by atoms with E-state index in [1.54, 1.807) is 19.1 Å². The molecule has 0 bridgehead atoms. The molecule has 248 valence electrons. The van der Waals surface area contributed by atoms with Crippen molar-refractivity contribution >= 4 is 12.0 Å². The minimum absolute atomic E-state index is 0.0377. The number of carbonyl (C=O) groups excluding carboxylic acids is 2. The highest BCUT2D eigenvalue weighted by Crippen LogP contribution is 2.46. The third-order valence-corrected chi connectivity index (χ3v) is 8.50. The summed E-state index contributed by atoms with van der Waals surface area (Å²) in [4.78, 5) is 32.2. The summed E-state index contributed by atoms with van der Waals surface area (Å²) in [5.41, 5.74) is -1.90. The molecule has 1 aromatic heterocycles. The number of benzene rings is 3. The highest BCUT2D eigenvalue weighted by molar-refractivity contribution is 5.75. The van der Waals surface area contributed by atoms with Crippen molar-refractivity contribution in [3.8, 4) is 0 Å². The van der Waals surface area contributed by atoms with Gasteiger partial charge in [0.15, 0.2) is 12.2 Å². The Bertz CT molecular complexity index is 1650. The lowest BCUT2D eigenvalue weighted by Gasteiger charge is -2.52. The Morgan fingerprint density at radius 2 is 1.72 bits per heavy atom.